The molecule has 2 aromatic carbocycles. The summed E-state index contributed by atoms with van der Waals surface area (Å²) in [4.78, 5) is 12.1. The van der Waals surface area contributed by atoms with Crippen LogP contribution in [-0.2, 0) is 11.2 Å². The van der Waals surface area contributed by atoms with Gasteiger partial charge in [0.05, 0.1) is 0 Å². The van der Waals surface area contributed by atoms with E-state index in [1.165, 1.54) is 5.56 Å². The van der Waals surface area contributed by atoms with Crippen molar-refractivity contribution >= 4 is 11.6 Å². The quantitative estimate of drug-likeness (QED) is 0.902. The summed E-state index contributed by atoms with van der Waals surface area (Å²) in [6.07, 6.45) is 0.446. The number of ether oxygens (including phenoxy) is 1. The van der Waals surface area contributed by atoms with Crippen molar-refractivity contribution in [3.8, 4) is 5.75 Å². The van der Waals surface area contributed by atoms with E-state index >= 15 is 0 Å². The van der Waals surface area contributed by atoms with Crippen LogP contribution in [0, 0.1) is 6.92 Å². The van der Waals surface area contributed by atoms with Crippen molar-refractivity contribution in [3.05, 3.63) is 59.7 Å². The van der Waals surface area contributed by atoms with Gasteiger partial charge in [-0.3, -0.25) is 4.79 Å². The van der Waals surface area contributed by atoms with Gasteiger partial charge in [-0.1, -0.05) is 31.2 Å². The predicted molar refractivity (Wildman–Crippen MR) is 85.7 cm³/mol. The third-order valence-corrected chi connectivity index (χ3v) is 3.30. The molecule has 2 aromatic rings. The van der Waals surface area contributed by atoms with Crippen LogP contribution in [0.3, 0.4) is 0 Å². The summed E-state index contributed by atoms with van der Waals surface area (Å²) in [6.45, 7) is 5.84. The Balaban J connectivity index is 1.95. The van der Waals surface area contributed by atoms with Crippen molar-refractivity contribution in [3.63, 3.8) is 0 Å². The first kappa shape index (κ1) is 15.1. The maximum atomic E-state index is 12.1. The highest BCUT2D eigenvalue weighted by atomic mass is 16.5. The zero-order valence-electron chi connectivity index (χ0n) is 12.7. The number of benzene rings is 2. The summed E-state index contributed by atoms with van der Waals surface area (Å²) < 4.78 is 5.67. The maximum absolute atomic E-state index is 12.1. The highest BCUT2D eigenvalue weighted by Gasteiger charge is 2.14. The van der Waals surface area contributed by atoms with Crippen molar-refractivity contribution in [1.29, 1.82) is 0 Å². The predicted octanol–water partition coefficient (Wildman–Crippen LogP) is 3.96. The fourth-order valence-electron chi connectivity index (χ4n) is 2.03. The minimum absolute atomic E-state index is 0.153. The van der Waals surface area contributed by atoms with E-state index in [9.17, 15) is 4.79 Å². The van der Waals surface area contributed by atoms with Gasteiger partial charge in [0, 0.05) is 5.69 Å². The van der Waals surface area contributed by atoms with Gasteiger partial charge >= 0.3 is 0 Å². The van der Waals surface area contributed by atoms with Crippen LogP contribution in [0.5, 0.6) is 5.75 Å². The molecule has 1 N–H and O–H groups in total. The van der Waals surface area contributed by atoms with Crippen LogP contribution < -0.4 is 10.1 Å². The summed E-state index contributed by atoms with van der Waals surface area (Å²) >= 11 is 0. The molecular formula is C18H21NO2. The number of nitrogens with one attached hydrogen (secondary N) is 1. The zero-order chi connectivity index (χ0) is 15.2. The number of carbonyl (C=O) groups excluding carboxylic acids is 1. The molecule has 3 heteroatoms. The average Bonchev–Trinajstić information content (AvgIpc) is 2.48. The Morgan fingerprint density at radius 2 is 1.90 bits per heavy atom. The second kappa shape index (κ2) is 6.93. The van der Waals surface area contributed by atoms with E-state index in [1.54, 1.807) is 6.92 Å². The Morgan fingerprint density at radius 1 is 1.19 bits per heavy atom. The van der Waals surface area contributed by atoms with Gasteiger partial charge in [0.15, 0.2) is 6.10 Å². The monoisotopic (exact) mass is 283 g/mol. The van der Waals surface area contributed by atoms with E-state index in [2.05, 4.69) is 12.2 Å². The van der Waals surface area contributed by atoms with Crippen molar-refractivity contribution in [1.82, 2.24) is 0 Å². The summed E-state index contributed by atoms with van der Waals surface area (Å²) in [6, 6.07) is 15.5. The van der Waals surface area contributed by atoms with Crippen LogP contribution in [0.15, 0.2) is 48.5 Å². The Labute approximate surface area is 126 Å². The molecule has 21 heavy (non-hydrogen) atoms. The SMILES string of the molecule is CCc1ccc(O[C@H](C)C(=O)Nc2cccc(C)c2)cc1. The van der Waals surface area contributed by atoms with Gasteiger partial charge in [-0.25, -0.2) is 0 Å². The Bertz CT molecular complexity index is 605. The van der Waals surface area contributed by atoms with E-state index in [0.717, 1.165) is 17.7 Å². The molecule has 0 radical (unpaired) electrons. The van der Waals surface area contributed by atoms with Gasteiger partial charge in [-0.2, -0.15) is 0 Å². The molecular weight excluding hydrogens is 262 g/mol. The van der Waals surface area contributed by atoms with Gasteiger partial charge in [0.1, 0.15) is 5.75 Å². The minimum Gasteiger partial charge on any atom is -0.481 e. The number of rotatable bonds is 5. The van der Waals surface area contributed by atoms with E-state index in [4.69, 9.17) is 4.74 Å². The van der Waals surface area contributed by atoms with E-state index in [1.807, 2.05) is 55.5 Å². The van der Waals surface area contributed by atoms with E-state index in [0.29, 0.717) is 5.75 Å². The molecule has 0 heterocycles. The molecule has 0 aliphatic heterocycles. The molecule has 1 atom stereocenters. The normalized spacial score (nSPS) is 11.8. The standard InChI is InChI=1S/C18H21NO2/c1-4-15-8-10-17(11-9-15)21-14(3)18(20)19-16-7-5-6-13(2)12-16/h5-12,14H,4H2,1-3H3,(H,19,20)/t14-/m1/s1. The molecule has 0 saturated heterocycles. The molecule has 0 aromatic heterocycles. The lowest BCUT2D eigenvalue weighted by Crippen LogP contribution is -2.30. The number of aryl methyl sites for hydroxylation is 2. The number of carbonyl (C=O) groups is 1. The number of anilines is 1. The summed E-state index contributed by atoms with van der Waals surface area (Å²) in [5.74, 6) is 0.555. The first-order valence-electron chi connectivity index (χ1n) is 7.21. The van der Waals surface area contributed by atoms with E-state index < -0.39 is 6.10 Å². The number of hydrogen-bond acceptors (Lipinski definition) is 2. The van der Waals surface area contributed by atoms with Crippen molar-refractivity contribution in [2.45, 2.75) is 33.3 Å². The van der Waals surface area contributed by atoms with Crippen molar-refractivity contribution in [2.24, 2.45) is 0 Å². The third-order valence-electron chi connectivity index (χ3n) is 3.30. The van der Waals surface area contributed by atoms with Crippen LogP contribution >= 0.6 is 0 Å². The first-order valence-corrected chi connectivity index (χ1v) is 7.21. The second-order valence-corrected chi connectivity index (χ2v) is 5.12. The van der Waals surface area contributed by atoms with Crippen LogP contribution in [-0.4, -0.2) is 12.0 Å². The summed E-state index contributed by atoms with van der Waals surface area (Å²) in [5, 5.41) is 2.86. The lowest BCUT2D eigenvalue weighted by atomic mass is 10.2. The largest absolute Gasteiger partial charge is 0.481 e. The minimum atomic E-state index is -0.544. The molecule has 0 aliphatic rings. The lowest BCUT2D eigenvalue weighted by Gasteiger charge is -2.15. The van der Waals surface area contributed by atoms with E-state index in [-0.39, 0.29) is 5.91 Å². The Hall–Kier alpha value is -2.29. The topological polar surface area (TPSA) is 38.3 Å². The highest BCUT2D eigenvalue weighted by Crippen LogP contribution is 2.15. The maximum Gasteiger partial charge on any atom is 0.265 e. The molecule has 3 nitrogen and oxygen atoms in total. The lowest BCUT2D eigenvalue weighted by molar-refractivity contribution is -0.122. The fourth-order valence-corrected chi connectivity index (χ4v) is 2.03. The van der Waals surface area contributed by atoms with Gasteiger partial charge in [-0.15, -0.1) is 0 Å². The second-order valence-electron chi connectivity index (χ2n) is 5.12. The highest BCUT2D eigenvalue weighted by molar-refractivity contribution is 5.94. The molecule has 110 valence electrons. The smallest absolute Gasteiger partial charge is 0.265 e. The van der Waals surface area contributed by atoms with Gasteiger partial charge in [0.2, 0.25) is 0 Å². The average molecular weight is 283 g/mol. The van der Waals surface area contributed by atoms with Gasteiger partial charge < -0.3 is 10.1 Å². The van der Waals surface area contributed by atoms with Gasteiger partial charge in [-0.05, 0) is 55.7 Å². The van der Waals surface area contributed by atoms with Crippen LogP contribution in [0.4, 0.5) is 5.69 Å². The Kier molecular flexibility index (Phi) is 4.99. The fraction of sp³-hybridized carbons (Fsp3) is 0.278. The van der Waals surface area contributed by atoms with Crippen molar-refractivity contribution in [2.75, 3.05) is 5.32 Å². The van der Waals surface area contributed by atoms with Crippen LogP contribution in [0.2, 0.25) is 0 Å². The van der Waals surface area contributed by atoms with Crippen LogP contribution in [0.25, 0.3) is 0 Å². The molecule has 0 saturated carbocycles. The molecule has 1 amide bonds. The van der Waals surface area contributed by atoms with Crippen LogP contribution in [0.1, 0.15) is 25.0 Å². The molecule has 0 aliphatic carbocycles. The number of hydrogen-bond donors (Lipinski definition) is 1. The summed E-state index contributed by atoms with van der Waals surface area (Å²) in [5.41, 5.74) is 3.15. The number of amides is 1. The first-order chi connectivity index (χ1) is 10.1. The van der Waals surface area contributed by atoms with Crippen molar-refractivity contribution < 1.29 is 9.53 Å². The third kappa shape index (κ3) is 4.35. The molecule has 0 spiro atoms. The Morgan fingerprint density at radius 3 is 2.52 bits per heavy atom. The molecule has 0 bridgehead atoms. The zero-order valence-corrected chi connectivity index (χ0v) is 12.7. The van der Waals surface area contributed by atoms with Gasteiger partial charge in [0.25, 0.3) is 5.91 Å². The summed E-state index contributed by atoms with van der Waals surface area (Å²) in [7, 11) is 0. The molecule has 0 fully saturated rings. The molecule has 0 unspecified atom stereocenters. The molecule has 2 rings (SSSR count).